The first-order valence-electron chi connectivity index (χ1n) is 7.00. The molecule has 1 fully saturated rings. The van der Waals surface area contributed by atoms with Crippen LogP contribution in [0, 0.1) is 6.92 Å². The molecule has 0 bridgehead atoms. The molecular weight excluding hydrogens is 334 g/mol. The summed E-state index contributed by atoms with van der Waals surface area (Å²) in [6.45, 7) is 5.11. The van der Waals surface area contributed by atoms with Gasteiger partial charge in [-0.2, -0.15) is 0 Å². The molecule has 1 N–H and O–H groups in total. The summed E-state index contributed by atoms with van der Waals surface area (Å²) in [5, 5.41) is 2.62. The Hall–Kier alpha value is -1.40. The van der Waals surface area contributed by atoms with Crippen LogP contribution in [0.25, 0.3) is 0 Å². The van der Waals surface area contributed by atoms with Crippen LogP contribution in [0.3, 0.4) is 0 Å². The lowest BCUT2D eigenvalue weighted by Gasteiger charge is -2.34. The molecule has 1 saturated heterocycles. The lowest BCUT2D eigenvalue weighted by molar-refractivity contribution is -0.122. The van der Waals surface area contributed by atoms with Crippen molar-refractivity contribution in [2.24, 2.45) is 0 Å². The van der Waals surface area contributed by atoms with E-state index in [0.29, 0.717) is 19.6 Å². The van der Waals surface area contributed by atoms with Gasteiger partial charge >= 0.3 is 0 Å². The molecule has 6 heteroatoms. The van der Waals surface area contributed by atoms with E-state index in [9.17, 15) is 9.59 Å². The molecule has 2 rings (SSSR count). The topological polar surface area (TPSA) is 52.7 Å². The smallest absolute Gasteiger partial charge is 0.254 e. The van der Waals surface area contributed by atoms with Crippen LogP contribution in [-0.4, -0.2) is 61.4 Å². The fraction of sp³-hybridized carbons (Fsp3) is 0.467. The molecule has 2 amide bonds. The third-order valence-electron chi connectivity index (χ3n) is 3.80. The lowest BCUT2D eigenvalue weighted by atomic mass is 10.1. The van der Waals surface area contributed by atoms with Crippen LogP contribution in [0.5, 0.6) is 0 Å². The molecule has 1 aromatic carbocycles. The first kappa shape index (κ1) is 16.0. The summed E-state index contributed by atoms with van der Waals surface area (Å²) >= 11 is 3.46. The average molecular weight is 354 g/mol. The van der Waals surface area contributed by atoms with Crippen LogP contribution >= 0.6 is 15.9 Å². The Kier molecular flexibility index (Phi) is 5.36. The van der Waals surface area contributed by atoms with Gasteiger partial charge in [-0.3, -0.25) is 14.5 Å². The van der Waals surface area contributed by atoms with Gasteiger partial charge in [0.05, 0.1) is 6.54 Å². The second kappa shape index (κ2) is 7.04. The van der Waals surface area contributed by atoms with Crippen molar-refractivity contribution in [3.63, 3.8) is 0 Å². The number of hydrogen-bond acceptors (Lipinski definition) is 3. The Morgan fingerprint density at radius 1 is 1.24 bits per heavy atom. The van der Waals surface area contributed by atoms with Gasteiger partial charge in [0.2, 0.25) is 5.91 Å². The normalized spacial score (nSPS) is 15.9. The van der Waals surface area contributed by atoms with Gasteiger partial charge in [-0.05, 0) is 24.6 Å². The number of benzene rings is 1. The minimum atomic E-state index is 0.0117. The van der Waals surface area contributed by atoms with E-state index < -0.39 is 0 Å². The Morgan fingerprint density at radius 3 is 2.52 bits per heavy atom. The van der Waals surface area contributed by atoms with Crippen molar-refractivity contribution in [2.45, 2.75) is 6.92 Å². The largest absolute Gasteiger partial charge is 0.358 e. The number of carbonyl (C=O) groups excluding carboxylic acids is 2. The number of hydrogen-bond donors (Lipinski definition) is 1. The van der Waals surface area contributed by atoms with Crippen LogP contribution in [-0.2, 0) is 4.79 Å². The molecule has 1 aliphatic heterocycles. The van der Waals surface area contributed by atoms with Gasteiger partial charge in [-0.25, -0.2) is 0 Å². The van der Waals surface area contributed by atoms with Gasteiger partial charge in [0.15, 0.2) is 0 Å². The highest BCUT2D eigenvalue weighted by atomic mass is 79.9. The first-order chi connectivity index (χ1) is 10.0. The number of rotatable bonds is 3. The number of nitrogens with one attached hydrogen (secondary N) is 1. The van der Waals surface area contributed by atoms with Crippen LogP contribution in [0.15, 0.2) is 22.7 Å². The van der Waals surface area contributed by atoms with Gasteiger partial charge in [0.25, 0.3) is 5.91 Å². The highest BCUT2D eigenvalue weighted by Gasteiger charge is 2.24. The average Bonchev–Trinajstić information content (AvgIpc) is 2.50. The maximum absolute atomic E-state index is 12.6. The maximum atomic E-state index is 12.6. The summed E-state index contributed by atoms with van der Waals surface area (Å²) in [4.78, 5) is 27.8. The van der Waals surface area contributed by atoms with Crippen molar-refractivity contribution in [1.29, 1.82) is 0 Å². The van der Waals surface area contributed by atoms with E-state index in [-0.39, 0.29) is 11.8 Å². The quantitative estimate of drug-likeness (QED) is 0.889. The zero-order valence-corrected chi connectivity index (χ0v) is 13.9. The molecule has 0 atom stereocenters. The van der Waals surface area contributed by atoms with E-state index >= 15 is 0 Å². The molecule has 0 unspecified atom stereocenters. The summed E-state index contributed by atoms with van der Waals surface area (Å²) in [5.74, 6) is 0.0750. The van der Waals surface area contributed by atoms with Crippen molar-refractivity contribution in [2.75, 3.05) is 39.8 Å². The zero-order valence-electron chi connectivity index (χ0n) is 12.4. The van der Waals surface area contributed by atoms with Crippen molar-refractivity contribution in [1.82, 2.24) is 15.1 Å². The van der Waals surface area contributed by atoms with E-state index in [1.54, 1.807) is 7.05 Å². The second-order valence-electron chi connectivity index (χ2n) is 5.15. The Balaban J connectivity index is 1.97. The number of piperazine rings is 1. The van der Waals surface area contributed by atoms with Crippen LogP contribution in [0.4, 0.5) is 0 Å². The molecule has 1 heterocycles. The predicted octanol–water partition coefficient (Wildman–Crippen LogP) is 1.26. The minimum absolute atomic E-state index is 0.0117. The van der Waals surface area contributed by atoms with E-state index in [4.69, 9.17) is 0 Å². The van der Waals surface area contributed by atoms with E-state index in [2.05, 4.69) is 26.1 Å². The summed E-state index contributed by atoms with van der Waals surface area (Å²) in [7, 11) is 1.64. The first-order valence-corrected chi connectivity index (χ1v) is 7.79. The molecule has 1 aliphatic rings. The summed E-state index contributed by atoms with van der Waals surface area (Å²) in [5.41, 5.74) is 1.71. The standard InChI is InChI=1S/C15H20BrN3O2/c1-11-12(4-3-5-13(11)16)15(21)19-8-6-18(7-9-19)10-14(20)17-2/h3-5H,6-10H2,1-2H3,(H,17,20). The Morgan fingerprint density at radius 2 is 1.90 bits per heavy atom. The number of nitrogens with zero attached hydrogens (tertiary/aromatic N) is 2. The van der Waals surface area contributed by atoms with E-state index in [1.807, 2.05) is 30.0 Å². The third kappa shape index (κ3) is 3.83. The molecular formula is C15H20BrN3O2. The van der Waals surface area contributed by atoms with Crippen LogP contribution < -0.4 is 5.32 Å². The molecule has 0 aromatic heterocycles. The van der Waals surface area contributed by atoms with E-state index in [1.165, 1.54) is 0 Å². The number of halogens is 1. The third-order valence-corrected chi connectivity index (χ3v) is 4.66. The maximum Gasteiger partial charge on any atom is 0.254 e. The van der Waals surface area contributed by atoms with Crippen LogP contribution in [0.1, 0.15) is 15.9 Å². The highest BCUT2D eigenvalue weighted by Crippen LogP contribution is 2.21. The fourth-order valence-corrected chi connectivity index (χ4v) is 2.77. The monoisotopic (exact) mass is 353 g/mol. The number of amides is 2. The Labute approximate surface area is 133 Å². The van der Waals surface area contributed by atoms with Crippen LogP contribution in [0.2, 0.25) is 0 Å². The van der Waals surface area contributed by atoms with Gasteiger partial charge < -0.3 is 10.2 Å². The molecule has 114 valence electrons. The molecule has 0 radical (unpaired) electrons. The lowest BCUT2D eigenvalue weighted by Crippen LogP contribution is -2.51. The zero-order chi connectivity index (χ0) is 15.4. The van der Waals surface area contributed by atoms with Crippen molar-refractivity contribution in [3.8, 4) is 0 Å². The fourth-order valence-electron chi connectivity index (χ4n) is 2.40. The predicted molar refractivity (Wildman–Crippen MR) is 85.3 cm³/mol. The molecule has 0 saturated carbocycles. The van der Waals surface area contributed by atoms with Crippen molar-refractivity contribution < 1.29 is 9.59 Å². The molecule has 21 heavy (non-hydrogen) atoms. The summed E-state index contributed by atoms with van der Waals surface area (Å²) < 4.78 is 0.951. The molecule has 0 spiro atoms. The number of carbonyl (C=O) groups is 2. The highest BCUT2D eigenvalue weighted by molar-refractivity contribution is 9.10. The number of likely N-dealkylation sites (N-methyl/N-ethyl adjacent to an activating group) is 1. The summed E-state index contributed by atoms with van der Waals surface area (Å²) in [6, 6.07) is 5.68. The molecule has 1 aromatic rings. The van der Waals surface area contributed by atoms with Gasteiger partial charge in [-0.15, -0.1) is 0 Å². The minimum Gasteiger partial charge on any atom is -0.358 e. The van der Waals surface area contributed by atoms with E-state index in [0.717, 1.165) is 28.7 Å². The Bertz CT molecular complexity index is 540. The molecule has 0 aliphatic carbocycles. The van der Waals surface area contributed by atoms with Crippen molar-refractivity contribution in [3.05, 3.63) is 33.8 Å². The molecule has 5 nitrogen and oxygen atoms in total. The SMILES string of the molecule is CNC(=O)CN1CCN(C(=O)c2cccc(Br)c2C)CC1. The summed E-state index contributed by atoms with van der Waals surface area (Å²) in [6.07, 6.45) is 0. The van der Waals surface area contributed by atoms with Gasteiger partial charge in [0, 0.05) is 43.3 Å². The van der Waals surface area contributed by atoms with Gasteiger partial charge in [-0.1, -0.05) is 22.0 Å². The van der Waals surface area contributed by atoms with Crippen molar-refractivity contribution >= 4 is 27.7 Å². The second-order valence-corrected chi connectivity index (χ2v) is 6.01. The van der Waals surface area contributed by atoms with Gasteiger partial charge in [0.1, 0.15) is 0 Å².